The maximum atomic E-state index is 6.05. The van der Waals surface area contributed by atoms with Crippen molar-refractivity contribution in [2.45, 2.75) is 44.4 Å². The Labute approximate surface area is 145 Å². The van der Waals surface area contributed by atoms with Gasteiger partial charge in [-0.2, -0.15) is 0 Å². The van der Waals surface area contributed by atoms with Crippen molar-refractivity contribution < 1.29 is 14.2 Å². The molecule has 1 aliphatic heterocycles. The zero-order valence-electron chi connectivity index (χ0n) is 14.8. The normalized spacial score (nSPS) is 28.5. The van der Waals surface area contributed by atoms with Gasteiger partial charge in [0.1, 0.15) is 6.10 Å². The van der Waals surface area contributed by atoms with Crippen LogP contribution in [-0.2, 0) is 4.74 Å². The van der Waals surface area contributed by atoms with Crippen LogP contribution >= 0.6 is 0 Å². The molecule has 1 saturated carbocycles. The van der Waals surface area contributed by atoms with Gasteiger partial charge in [0.05, 0.1) is 20.3 Å². The Balaban J connectivity index is 1.49. The van der Waals surface area contributed by atoms with E-state index < -0.39 is 0 Å². The zero-order chi connectivity index (χ0) is 16.8. The molecule has 3 rings (SSSR count). The molecule has 1 aromatic rings. The largest absolute Gasteiger partial charge is 0.493 e. The summed E-state index contributed by atoms with van der Waals surface area (Å²) in [6.07, 6.45) is 3.91. The molecule has 0 amide bonds. The molecule has 1 aliphatic carbocycles. The van der Waals surface area contributed by atoms with Gasteiger partial charge >= 0.3 is 0 Å². The first-order chi connectivity index (χ1) is 11.8. The van der Waals surface area contributed by atoms with E-state index in [1.165, 1.54) is 19.3 Å². The molecule has 1 heterocycles. The molecule has 24 heavy (non-hydrogen) atoms. The average Bonchev–Trinajstić information content (AvgIpc) is 3.10. The van der Waals surface area contributed by atoms with E-state index in [9.17, 15) is 0 Å². The lowest BCUT2D eigenvalue weighted by atomic mass is 9.94. The van der Waals surface area contributed by atoms with Gasteiger partial charge in [-0.3, -0.25) is 0 Å². The topological polar surface area (TPSA) is 51.8 Å². The average molecular weight is 334 g/mol. The molecule has 4 unspecified atom stereocenters. The Kier molecular flexibility index (Phi) is 6.35. The van der Waals surface area contributed by atoms with Crippen molar-refractivity contribution in [2.24, 2.45) is 5.92 Å². The first-order valence-electron chi connectivity index (χ1n) is 9.12. The van der Waals surface area contributed by atoms with Crippen LogP contribution in [0.4, 0.5) is 0 Å². The Morgan fingerprint density at radius 2 is 2.12 bits per heavy atom. The fourth-order valence-corrected chi connectivity index (χ4v) is 3.88. The molecule has 0 radical (unpaired) electrons. The summed E-state index contributed by atoms with van der Waals surface area (Å²) in [5.41, 5.74) is 0. The van der Waals surface area contributed by atoms with Gasteiger partial charge in [0.25, 0.3) is 0 Å². The van der Waals surface area contributed by atoms with E-state index in [2.05, 4.69) is 17.6 Å². The first kappa shape index (κ1) is 17.5. The highest BCUT2D eigenvalue weighted by Crippen LogP contribution is 2.30. The number of nitrogens with one attached hydrogen (secondary N) is 2. The van der Waals surface area contributed by atoms with E-state index in [0.717, 1.165) is 37.8 Å². The van der Waals surface area contributed by atoms with Crippen LogP contribution in [0.1, 0.15) is 26.2 Å². The number of benzene rings is 1. The van der Waals surface area contributed by atoms with Crippen LogP contribution in [0.2, 0.25) is 0 Å². The van der Waals surface area contributed by atoms with Crippen LogP contribution in [0, 0.1) is 5.92 Å². The molecular formula is C19H30N2O3. The molecule has 2 aliphatic rings. The van der Waals surface area contributed by atoms with Crippen molar-refractivity contribution >= 4 is 0 Å². The quantitative estimate of drug-likeness (QED) is 0.801. The van der Waals surface area contributed by atoms with Gasteiger partial charge in [0.2, 0.25) is 0 Å². The van der Waals surface area contributed by atoms with Crippen molar-refractivity contribution in [3.8, 4) is 11.5 Å². The number of morpholine rings is 1. The van der Waals surface area contributed by atoms with E-state index in [1.807, 2.05) is 24.3 Å². The van der Waals surface area contributed by atoms with E-state index in [-0.39, 0.29) is 6.10 Å². The minimum Gasteiger partial charge on any atom is -0.493 e. The zero-order valence-corrected chi connectivity index (χ0v) is 14.8. The maximum absolute atomic E-state index is 6.05. The molecular weight excluding hydrogens is 304 g/mol. The summed E-state index contributed by atoms with van der Waals surface area (Å²) in [4.78, 5) is 0. The third-order valence-electron chi connectivity index (χ3n) is 5.10. The predicted octanol–water partition coefficient (Wildman–Crippen LogP) is 2.21. The second-order valence-corrected chi connectivity index (χ2v) is 6.82. The summed E-state index contributed by atoms with van der Waals surface area (Å²) in [5.74, 6) is 2.25. The van der Waals surface area contributed by atoms with Crippen molar-refractivity contribution in [3.63, 3.8) is 0 Å². The predicted molar refractivity (Wildman–Crippen MR) is 94.8 cm³/mol. The summed E-state index contributed by atoms with van der Waals surface area (Å²) >= 11 is 0. The van der Waals surface area contributed by atoms with Crippen molar-refractivity contribution in [1.29, 1.82) is 0 Å². The van der Waals surface area contributed by atoms with E-state index in [1.54, 1.807) is 7.11 Å². The van der Waals surface area contributed by atoms with Crippen molar-refractivity contribution in [1.82, 2.24) is 10.6 Å². The van der Waals surface area contributed by atoms with Gasteiger partial charge in [-0.05, 0) is 37.8 Å². The summed E-state index contributed by atoms with van der Waals surface area (Å²) in [6, 6.07) is 8.85. The maximum Gasteiger partial charge on any atom is 0.161 e. The summed E-state index contributed by atoms with van der Waals surface area (Å²) in [6.45, 7) is 5.60. The lowest BCUT2D eigenvalue weighted by Gasteiger charge is -2.33. The minimum absolute atomic E-state index is 0.0955. The number of methoxy groups -OCH3 is 1. The van der Waals surface area contributed by atoms with Crippen molar-refractivity contribution in [2.75, 3.05) is 33.4 Å². The summed E-state index contributed by atoms with van der Waals surface area (Å²) < 4.78 is 17.0. The summed E-state index contributed by atoms with van der Waals surface area (Å²) in [7, 11) is 1.67. The van der Waals surface area contributed by atoms with Crippen LogP contribution in [0.25, 0.3) is 0 Å². The van der Waals surface area contributed by atoms with E-state index in [0.29, 0.717) is 18.0 Å². The van der Waals surface area contributed by atoms with Gasteiger partial charge in [-0.1, -0.05) is 18.6 Å². The molecule has 1 aromatic carbocycles. The van der Waals surface area contributed by atoms with Crippen LogP contribution in [0.3, 0.4) is 0 Å². The van der Waals surface area contributed by atoms with Gasteiger partial charge in [-0.25, -0.2) is 0 Å². The molecule has 1 saturated heterocycles. The number of hydrogen-bond donors (Lipinski definition) is 2. The Morgan fingerprint density at radius 1 is 1.29 bits per heavy atom. The molecule has 0 spiro atoms. The van der Waals surface area contributed by atoms with Gasteiger partial charge in [0, 0.05) is 25.2 Å². The van der Waals surface area contributed by atoms with Gasteiger partial charge in [0.15, 0.2) is 11.5 Å². The van der Waals surface area contributed by atoms with Crippen LogP contribution < -0.4 is 20.1 Å². The lowest BCUT2D eigenvalue weighted by Crippen LogP contribution is -2.51. The highest BCUT2D eigenvalue weighted by atomic mass is 16.5. The molecule has 5 heteroatoms. The monoisotopic (exact) mass is 334 g/mol. The standard InChI is InChI=1S/C19H30N2O3/c1-14(24-19-9-4-3-8-18(19)22-2)12-21-16-7-5-6-15(16)17-13-23-11-10-20-17/h3-4,8-9,14-17,20-21H,5-7,10-13H2,1-2H3. The third-order valence-corrected chi connectivity index (χ3v) is 5.10. The molecule has 5 nitrogen and oxygen atoms in total. The summed E-state index contributed by atoms with van der Waals surface area (Å²) in [5, 5.41) is 7.35. The fourth-order valence-electron chi connectivity index (χ4n) is 3.88. The first-order valence-corrected chi connectivity index (χ1v) is 9.12. The smallest absolute Gasteiger partial charge is 0.161 e. The fraction of sp³-hybridized carbons (Fsp3) is 0.684. The SMILES string of the molecule is COc1ccccc1OC(C)CNC1CCCC1C1COCCN1. The number of rotatable bonds is 7. The molecule has 2 N–H and O–H groups in total. The second kappa shape index (κ2) is 8.70. The van der Waals surface area contributed by atoms with Gasteiger partial charge in [-0.15, -0.1) is 0 Å². The minimum atomic E-state index is 0.0955. The Bertz CT molecular complexity index is 505. The highest BCUT2D eigenvalue weighted by molar-refractivity contribution is 5.39. The molecule has 2 fully saturated rings. The van der Waals surface area contributed by atoms with E-state index >= 15 is 0 Å². The second-order valence-electron chi connectivity index (χ2n) is 6.82. The number of hydrogen-bond acceptors (Lipinski definition) is 5. The Morgan fingerprint density at radius 3 is 2.88 bits per heavy atom. The molecule has 134 valence electrons. The molecule has 0 bridgehead atoms. The van der Waals surface area contributed by atoms with Crippen LogP contribution in [0.5, 0.6) is 11.5 Å². The number of para-hydroxylation sites is 2. The van der Waals surface area contributed by atoms with E-state index in [4.69, 9.17) is 14.2 Å². The molecule has 4 atom stereocenters. The third kappa shape index (κ3) is 4.41. The van der Waals surface area contributed by atoms with Crippen LogP contribution in [0.15, 0.2) is 24.3 Å². The van der Waals surface area contributed by atoms with Crippen LogP contribution in [-0.4, -0.2) is 51.6 Å². The van der Waals surface area contributed by atoms with Gasteiger partial charge < -0.3 is 24.8 Å². The highest BCUT2D eigenvalue weighted by Gasteiger charge is 2.34. The molecule has 0 aromatic heterocycles. The van der Waals surface area contributed by atoms with Crippen molar-refractivity contribution in [3.05, 3.63) is 24.3 Å². The lowest BCUT2D eigenvalue weighted by molar-refractivity contribution is 0.0517. The Hall–Kier alpha value is -1.30. The number of ether oxygens (including phenoxy) is 3.